The number of anilines is 2. The van der Waals surface area contributed by atoms with Gasteiger partial charge in [-0.3, -0.25) is 4.90 Å². The van der Waals surface area contributed by atoms with Gasteiger partial charge in [-0.15, -0.1) is 11.3 Å². The SMILES string of the molecule is CCOc1cc2nc(CN3CCOCC3)nc(Nc3ccc(F)c(-c4csc(C)n4)c3)c2cc1OCC. The molecule has 37 heavy (non-hydrogen) atoms. The van der Waals surface area contributed by atoms with Crippen molar-refractivity contribution in [1.82, 2.24) is 19.9 Å². The van der Waals surface area contributed by atoms with Gasteiger partial charge in [-0.2, -0.15) is 0 Å². The van der Waals surface area contributed by atoms with Crippen LogP contribution in [0, 0.1) is 12.7 Å². The summed E-state index contributed by atoms with van der Waals surface area (Å²) in [6.45, 7) is 10.4. The van der Waals surface area contributed by atoms with E-state index in [1.165, 1.54) is 17.4 Å². The van der Waals surface area contributed by atoms with E-state index in [9.17, 15) is 4.39 Å². The zero-order valence-corrected chi connectivity index (χ0v) is 22.0. The normalized spacial score (nSPS) is 14.2. The third-order valence-electron chi connectivity index (χ3n) is 6.00. The summed E-state index contributed by atoms with van der Waals surface area (Å²) < 4.78 is 31.9. The molecule has 4 aromatic rings. The molecule has 3 heterocycles. The molecule has 1 fully saturated rings. The first kappa shape index (κ1) is 25.3. The molecule has 8 nitrogen and oxygen atoms in total. The molecule has 0 atom stereocenters. The van der Waals surface area contributed by atoms with Gasteiger partial charge in [0.2, 0.25) is 0 Å². The lowest BCUT2D eigenvalue weighted by molar-refractivity contribution is 0.0331. The van der Waals surface area contributed by atoms with Crippen LogP contribution in [-0.2, 0) is 11.3 Å². The number of fused-ring (bicyclic) bond motifs is 1. The third kappa shape index (κ3) is 5.82. The molecular formula is C27H30FN5O3S. The molecule has 0 spiro atoms. The number of aromatic nitrogens is 3. The fourth-order valence-corrected chi connectivity index (χ4v) is 4.88. The van der Waals surface area contributed by atoms with Gasteiger partial charge in [-0.05, 0) is 45.0 Å². The number of nitrogens with one attached hydrogen (secondary N) is 1. The summed E-state index contributed by atoms with van der Waals surface area (Å²) >= 11 is 1.49. The van der Waals surface area contributed by atoms with Crippen molar-refractivity contribution in [1.29, 1.82) is 0 Å². The Balaban J connectivity index is 1.57. The largest absolute Gasteiger partial charge is 0.490 e. The molecule has 0 amide bonds. The van der Waals surface area contributed by atoms with Crippen molar-refractivity contribution < 1.29 is 18.6 Å². The number of rotatable bonds is 9. The number of ether oxygens (including phenoxy) is 3. The highest BCUT2D eigenvalue weighted by molar-refractivity contribution is 7.09. The van der Waals surface area contributed by atoms with E-state index in [0.29, 0.717) is 73.1 Å². The van der Waals surface area contributed by atoms with Gasteiger partial charge >= 0.3 is 0 Å². The van der Waals surface area contributed by atoms with E-state index in [1.54, 1.807) is 12.1 Å². The number of hydrogen-bond donors (Lipinski definition) is 1. The number of nitrogens with zero attached hydrogens (tertiary/aromatic N) is 4. The fraction of sp³-hybridized carbons (Fsp3) is 0.370. The van der Waals surface area contributed by atoms with Gasteiger partial charge in [-0.25, -0.2) is 19.3 Å². The Hall–Kier alpha value is -3.34. The summed E-state index contributed by atoms with van der Waals surface area (Å²) in [4.78, 5) is 16.5. The van der Waals surface area contributed by atoms with E-state index >= 15 is 0 Å². The van der Waals surface area contributed by atoms with Gasteiger partial charge < -0.3 is 19.5 Å². The molecule has 10 heteroatoms. The highest BCUT2D eigenvalue weighted by atomic mass is 32.1. The summed E-state index contributed by atoms with van der Waals surface area (Å²) in [5, 5.41) is 6.94. The second-order valence-corrected chi connectivity index (χ2v) is 9.69. The molecule has 1 aliphatic rings. The smallest absolute Gasteiger partial charge is 0.163 e. The van der Waals surface area contributed by atoms with Crippen LogP contribution in [0.4, 0.5) is 15.9 Å². The maximum absolute atomic E-state index is 14.7. The molecule has 1 saturated heterocycles. The van der Waals surface area contributed by atoms with E-state index in [0.717, 1.165) is 29.0 Å². The van der Waals surface area contributed by atoms with Crippen LogP contribution in [0.15, 0.2) is 35.7 Å². The molecule has 1 N–H and O–H groups in total. The molecule has 194 valence electrons. The Bertz CT molecular complexity index is 1390. The van der Waals surface area contributed by atoms with Gasteiger partial charge in [0.15, 0.2) is 11.5 Å². The minimum atomic E-state index is -0.323. The third-order valence-corrected chi connectivity index (χ3v) is 6.77. The van der Waals surface area contributed by atoms with Crippen LogP contribution in [-0.4, -0.2) is 59.4 Å². The highest BCUT2D eigenvalue weighted by Gasteiger charge is 2.18. The Morgan fingerprint density at radius 3 is 2.49 bits per heavy atom. The first-order valence-corrected chi connectivity index (χ1v) is 13.3. The van der Waals surface area contributed by atoms with E-state index < -0.39 is 0 Å². The molecule has 0 unspecified atom stereocenters. The maximum atomic E-state index is 14.7. The van der Waals surface area contributed by atoms with Crippen molar-refractivity contribution in [2.24, 2.45) is 0 Å². The van der Waals surface area contributed by atoms with Gasteiger partial charge in [0.25, 0.3) is 0 Å². The molecule has 1 aliphatic heterocycles. The zero-order valence-electron chi connectivity index (χ0n) is 21.2. The lowest BCUT2D eigenvalue weighted by Crippen LogP contribution is -2.36. The minimum Gasteiger partial charge on any atom is -0.490 e. The average molecular weight is 524 g/mol. The predicted molar refractivity (Wildman–Crippen MR) is 143 cm³/mol. The van der Waals surface area contributed by atoms with Crippen molar-refractivity contribution in [2.75, 3.05) is 44.8 Å². The van der Waals surface area contributed by atoms with Crippen molar-refractivity contribution in [3.05, 3.63) is 52.4 Å². The van der Waals surface area contributed by atoms with Crippen LogP contribution in [0.3, 0.4) is 0 Å². The van der Waals surface area contributed by atoms with E-state index in [2.05, 4.69) is 15.2 Å². The number of morpholine rings is 1. The summed E-state index contributed by atoms with van der Waals surface area (Å²) in [6, 6.07) is 8.71. The van der Waals surface area contributed by atoms with Crippen LogP contribution >= 0.6 is 11.3 Å². The molecule has 0 bridgehead atoms. The first-order valence-electron chi connectivity index (χ1n) is 12.4. The monoisotopic (exact) mass is 523 g/mol. The van der Waals surface area contributed by atoms with Gasteiger partial charge in [0, 0.05) is 41.2 Å². The predicted octanol–water partition coefficient (Wildman–Crippen LogP) is 5.57. The van der Waals surface area contributed by atoms with E-state index in [1.807, 2.05) is 38.3 Å². The number of benzene rings is 2. The summed E-state index contributed by atoms with van der Waals surface area (Å²) in [5.41, 5.74) is 2.50. The van der Waals surface area contributed by atoms with E-state index in [4.69, 9.17) is 24.2 Å². The fourth-order valence-electron chi connectivity index (χ4n) is 4.27. The van der Waals surface area contributed by atoms with Gasteiger partial charge in [-0.1, -0.05) is 0 Å². The summed E-state index contributed by atoms with van der Waals surface area (Å²) in [6.07, 6.45) is 0. The van der Waals surface area contributed by atoms with Crippen LogP contribution in [0.2, 0.25) is 0 Å². The Morgan fingerprint density at radius 2 is 1.78 bits per heavy atom. The van der Waals surface area contributed by atoms with E-state index in [-0.39, 0.29) is 5.82 Å². The molecule has 5 rings (SSSR count). The number of aryl methyl sites for hydroxylation is 1. The lowest BCUT2D eigenvalue weighted by atomic mass is 10.1. The summed E-state index contributed by atoms with van der Waals surface area (Å²) in [7, 11) is 0. The average Bonchev–Trinajstić information content (AvgIpc) is 3.33. The Kier molecular flexibility index (Phi) is 7.78. The van der Waals surface area contributed by atoms with Crippen molar-refractivity contribution in [3.63, 3.8) is 0 Å². The minimum absolute atomic E-state index is 0.323. The summed E-state index contributed by atoms with van der Waals surface area (Å²) in [5.74, 6) is 2.24. The molecule has 2 aromatic carbocycles. The first-order chi connectivity index (χ1) is 18.0. The van der Waals surface area contributed by atoms with Crippen molar-refractivity contribution in [3.8, 4) is 22.8 Å². The Morgan fingerprint density at radius 1 is 1.03 bits per heavy atom. The maximum Gasteiger partial charge on any atom is 0.163 e. The quantitative estimate of drug-likeness (QED) is 0.305. The van der Waals surface area contributed by atoms with Gasteiger partial charge in [0.1, 0.15) is 17.5 Å². The van der Waals surface area contributed by atoms with Crippen LogP contribution < -0.4 is 14.8 Å². The highest BCUT2D eigenvalue weighted by Crippen LogP contribution is 2.36. The number of hydrogen-bond acceptors (Lipinski definition) is 9. The molecule has 2 aromatic heterocycles. The van der Waals surface area contributed by atoms with Crippen molar-refractivity contribution >= 4 is 33.7 Å². The second kappa shape index (κ2) is 11.4. The topological polar surface area (TPSA) is 81.6 Å². The van der Waals surface area contributed by atoms with Crippen LogP contribution in [0.1, 0.15) is 24.7 Å². The molecule has 0 aliphatic carbocycles. The standard InChI is InChI=1S/C27H30FN5O3S/c1-4-35-24-13-20-22(14-25(24)36-5-2)31-26(15-33-8-10-34-11-9-33)32-27(20)30-18-6-7-21(28)19(12-18)23-16-37-17(3)29-23/h6-7,12-14,16H,4-5,8-11,15H2,1-3H3,(H,30,31,32). The number of thiazole rings is 1. The van der Waals surface area contributed by atoms with Crippen LogP contribution in [0.5, 0.6) is 11.5 Å². The molecule has 0 saturated carbocycles. The second-order valence-electron chi connectivity index (χ2n) is 8.63. The van der Waals surface area contributed by atoms with Crippen LogP contribution in [0.25, 0.3) is 22.2 Å². The molecular weight excluding hydrogens is 493 g/mol. The lowest BCUT2D eigenvalue weighted by Gasteiger charge is -2.26. The van der Waals surface area contributed by atoms with Gasteiger partial charge in [0.05, 0.1) is 49.2 Å². The number of halogens is 1. The molecule has 0 radical (unpaired) electrons. The Labute approximate surface area is 219 Å². The van der Waals surface area contributed by atoms with Crippen molar-refractivity contribution in [2.45, 2.75) is 27.3 Å². The zero-order chi connectivity index (χ0) is 25.8.